The number of hydrogen-bond donors (Lipinski definition) is 1. The summed E-state index contributed by atoms with van der Waals surface area (Å²) >= 11 is 0. The van der Waals surface area contributed by atoms with Gasteiger partial charge in [0.1, 0.15) is 5.82 Å². The van der Waals surface area contributed by atoms with Crippen LogP contribution in [0.5, 0.6) is 0 Å². The first-order valence-corrected chi connectivity index (χ1v) is 6.31. The van der Waals surface area contributed by atoms with E-state index < -0.39 is 0 Å². The van der Waals surface area contributed by atoms with E-state index in [1.165, 1.54) is 12.8 Å². The normalized spacial score (nSPS) is 25.2. The quantitative estimate of drug-likeness (QED) is 0.818. The summed E-state index contributed by atoms with van der Waals surface area (Å²) in [5, 5.41) is 3.46. The lowest BCUT2D eigenvalue weighted by atomic mass is 10.2. The van der Waals surface area contributed by atoms with Crippen LogP contribution in [-0.4, -0.2) is 42.8 Å². The molecule has 5 heteroatoms. The van der Waals surface area contributed by atoms with Crippen LogP contribution in [0.3, 0.4) is 0 Å². The third kappa shape index (κ3) is 2.40. The average molecular weight is 234 g/mol. The highest BCUT2D eigenvalue weighted by atomic mass is 16.5. The number of anilines is 1. The van der Waals surface area contributed by atoms with Gasteiger partial charge in [-0.05, 0) is 19.4 Å². The predicted octanol–water partition coefficient (Wildman–Crippen LogP) is 0.738. The number of aromatic nitrogens is 2. The Labute approximate surface area is 101 Å². The summed E-state index contributed by atoms with van der Waals surface area (Å²) in [5.74, 6) is 0.986. The Balaban J connectivity index is 1.77. The number of hydrogen-bond acceptors (Lipinski definition) is 5. The highest BCUT2D eigenvalue weighted by Gasteiger charge is 2.19. The largest absolute Gasteiger partial charge is 0.378 e. The molecular weight excluding hydrogens is 216 g/mol. The van der Waals surface area contributed by atoms with Crippen LogP contribution in [0.4, 0.5) is 5.82 Å². The second kappa shape index (κ2) is 4.98. The number of rotatable bonds is 2. The van der Waals surface area contributed by atoms with Crippen LogP contribution in [0.15, 0.2) is 12.4 Å². The van der Waals surface area contributed by atoms with Crippen molar-refractivity contribution in [3.05, 3.63) is 18.1 Å². The smallest absolute Gasteiger partial charge is 0.147 e. The van der Waals surface area contributed by atoms with Crippen molar-refractivity contribution in [2.75, 3.05) is 37.7 Å². The molecule has 0 aromatic carbocycles. The minimum Gasteiger partial charge on any atom is -0.378 e. The minimum absolute atomic E-state index is 0.392. The first-order chi connectivity index (χ1) is 8.43. The zero-order valence-electron chi connectivity index (χ0n) is 9.93. The molecule has 2 saturated heterocycles. The molecule has 17 heavy (non-hydrogen) atoms. The molecule has 0 amide bonds. The van der Waals surface area contributed by atoms with Crippen molar-refractivity contribution < 1.29 is 4.74 Å². The molecule has 5 nitrogen and oxygen atoms in total. The Bertz CT molecular complexity index is 373. The molecule has 0 aliphatic carbocycles. The van der Waals surface area contributed by atoms with E-state index in [4.69, 9.17) is 9.72 Å². The molecule has 1 aromatic rings. The highest BCUT2D eigenvalue weighted by molar-refractivity contribution is 5.37. The molecule has 1 aromatic heterocycles. The standard InChI is InChI=1S/C12H18N4O/c1-2-10(14-3-1)11-8-13-9-12(15-11)16-4-6-17-7-5-16/h8-10,14H,1-7H2/t10-/m1/s1. The van der Waals surface area contributed by atoms with E-state index in [1.807, 2.05) is 12.4 Å². The van der Waals surface area contributed by atoms with Crippen molar-refractivity contribution in [1.29, 1.82) is 0 Å². The monoisotopic (exact) mass is 234 g/mol. The van der Waals surface area contributed by atoms with Crippen molar-refractivity contribution in [1.82, 2.24) is 15.3 Å². The van der Waals surface area contributed by atoms with Gasteiger partial charge in [-0.3, -0.25) is 4.98 Å². The van der Waals surface area contributed by atoms with Gasteiger partial charge in [0.25, 0.3) is 0 Å². The predicted molar refractivity (Wildman–Crippen MR) is 65.0 cm³/mol. The van der Waals surface area contributed by atoms with Gasteiger partial charge < -0.3 is 15.0 Å². The van der Waals surface area contributed by atoms with Crippen LogP contribution in [0.25, 0.3) is 0 Å². The molecule has 1 atom stereocenters. The molecular formula is C12H18N4O. The van der Waals surface area contributed by atoms with Crippen LogP contribution in [-0.2, 0) is 4.74 Å². The Morgan fingerprint density at radius 2 is 2.18 bits per heavy atom. The molecule has 1 N–H and O–H groups in total. The van der Waals surface area contributed by atoms with E-state index in [1.54, 1.807) is 0 Å². The van der Waals surface area contributed by atoms with E-state index in [0.29, 0.717) is 6.04 Å². The summed E-state index contributed by atoms with van der Waals surface area (Å²) in [6, 6.07) is 0.392. The number of nitrogens with one attached hydrogen (secondary N) is 1. The summed E-state index contributed by atoms with van der Waals surface area (Å²) in [6.07, 6.45) is 6.13. The lowest BCUT2D eigenvalue weighted by Gasteiger charge is -2.28. The Kier molecular flexibility index (Phi) is 3.20. The summed E-state index contributed by atoms with van der Waals surface area (Å²) in [4.78, 5) is 11.3. The molecule has 3 heterocycles. The number of nitrogens with zero attached hydrogens (tertiary/aromatic N) is 3. The van der Waals surface area contributed by atoms with Gasteiger partial charge in [0.2, 0.25) is 0 Å². The van der Waals surface area contributed by atoms with Crippen molar-refractivity contribution in [2.24, 2.45) is 0 Å². The van der Waals surface area contributed by atoms with Gasteiger partial charge in [-0.15, -0.1) is 0 Å². The lowest BCUT2D eigenvalue weighted by molar-refractivity contribution is 0.122. The molecule has 3 rings (SSSR count). The summed E-state index contributed by atoms with van der Waals surface area (Å²) in [7, 11) is 0. The van der Waals surface area contributed by atoms with E-state index in [2.05, 4.69) is 15.2 Å². The fraction of sp³-hybridized carbons (Fsp3) is 0.667. The highest BCUT2D eigenvalue weighted by Crippen LogP contribution is 2.22. The number of morpholine rings is 1. The van der Waals surface area contributed by atoms with Gasteiger partial charge in [-0.1, -0.05) is 0 Å². The maximum atomic E-state index is 5.35. The van der Waals surface area contributed by atoms with Crippen LogP contribution in [0, 0.1) is 0 Å². The van der Waals surface area contributed by atoms with Gasteiger partial charge in [0.05, 0.1) is 37.3 Å². The summed E-state index contributed by atoms with van der Waals surface area (Å²) in [6.45, 7) is 4.49. The van der Waals surface area contributed by atoms with E-state index in [-0.39, 0.29) is 0 Å². The first kappa shape index (κ1) is 10.9. The second-order valence-corrected chi connectivity index (χ2v) is 4.55. The van der Waals surface area contributed by atoms with Crippen LogP contribution < -0.4 is 10.2 Å². The van der Waals surface area contributed by atoms with Gasteiger partial charge in [0, 0.05) is 13.1 Å². The molecule has 0 spiro atoms. The van der Waals surface area contributed by atoms with E-state index in [0.717, 1.165) is 44.4 Å². The summed E-state index contributed by atoms with van der Waals surface area (Å²) in [5.41, 5.74) is 1.08. The third-order valence-corrected chi connectivity index (χ3v) is 3.39. The molecule has 0 radical (unpaired) electrons. The first-order valence-electron chi connectivity index (χ1n) is 6.31. The van der Waals surface area contributed by atoms with Crippen molar-refractivity contribution >= 4 is 5.82 Å². The van der Waals surface area contributed by atoms with Crippen molar-refractivity contribution in [3.63, 3.8) is 0 Å². The van der Waals surface area contributed by atoms with Gasteiger partial charge in [-0.2, -0.15) is 0 Å². The Morgan fingerprint density at radius 3 is 2.94 bits per heavy atom. The van der Waals surface area contributed by atoms with E-state index >= 15 is 0 Å². The minimum atomic E-state index is 0.392. The molecule has 0 saturated carbocycles. The zero-order chi connectivity index (χ0) is 11.5. The molecule has 2 aliphatic rings. The molecule has 0 unspecified atom stereocenters. The third-order valence-electron chi connectivity index (χ3n) is 3.39. The topological polar surface area (TPSA) is 50.3 Å². The van der Waals surface area contributed by atoms with Crippen LogP contribution in [0.2, 0.25) is 0 Å². The molecule has 92 valence electrons. The van der Waals surface area contributed by atoms with Gasteiger partial charge in [0.15, 0.2) is 0 Å². The van der Waals surface area contributed by atoms with Crippen molar-refractivity contribution in [3.8, 4) is 0 Å². The fourth-order valence-electron chi connectivity index (χ4n) is 2.42. The SMILES string of the molecule is c1ncc(N2CCOCC2)nc1[C@H]1CCCN1. The lowest BCUT2D eigenvalue weighted by Crippen LogP contribution is -2.37. The van der Waals surface area contributed by atoms with Crippen LogP contribution in [0.1, 0.15) is 24.6 Å². The average Bonchev–Trinajstić information content (AvgIpc) is 2.94. The van der Waals surface area contributed by atoms with E-state index in [9.17, 15) is 0 Å². The maximum absolute atomic E-state index is 5.35. The maximum Gasteiger partial charge on any atom is 0.147 e. The molecule has 2 aliphatic heterocycles. The Morgan fingerprint density at radius 1 is 1.29 bits per heavy atom. The molecule has 2 fully saturated rings. The van der Waals surface area contributed by atoms with Gasteiger partial charge >= 0.3 is 0 Å². The number of ether oxygens (including phenoxy) is 1. The summed E-state index contributed by atoms with van der Waals surface area (Å²) < 4.78 is 5.35. The Hall–Kier alpha value is -1.20. The zero-order valence-corrected chi connectivity index (χ0v) is 9.93. The second-order valence-electron chi connectivity index (χ2n) is 4.55. The van der Waals surface area contributed by atoms with Gasteiger partial charge in [-0.25, -0.2) is 4.98 Å². The van der Waals surface area contributed by atoms with Crippen molar-refractivity contribution in [2.45, 2.75) is 18.9 Å². The molecule has 0 bridgehead atoms. The van der Waals surface area contributed by atoms with Crippen LogP contribution >= 0.6 is 0 Å². The fourth-order valence-corrected chi connectivity index (χ4v) is 2.42.